The minimum absolute atomic E-state index is 0.227. The average molecular weight is 250 g/mol. The smallest absolute Gasteiger partial charge is 0.356 e. The van der Waals surface area contributed by atoms with Crippen LogP contribution in [0.3, 0.4) is 0 Å². The van der Waals surface area contributed by atoms with Crippen LogP contribution in [0.2, 0.25) is 0 Å². The van der Waals surface area contributed by atoms with Gasteiger partial charge in [0.05, 0.1) is 0 Å². The molecule has 0 amide bonds. The summed E-state index contributed by atoms with van der Waals surface area (Å²) in [5, 5.41) is 8.11. The zero-order valence-electron chi connectivity index (χ0n) is 10.1. The summed E-state index contributed by atoms with van der Waals surface area (Å²) >= 11 is 0. The van der Waals surface area contributed by atoms with Crippen LogP contribution in [0.1, 0.15) is 52.4 Å². The van der Waals surface area contributed by atoms with E-state index in [1.807, 2.05) is 0 Å². The Kier molecular flexibility index (Phi) is 4.58. The molecule has 0 spiro atoms. The SMILES string of the molecule is CC(C1CCCCCC1)C(C)(O)P(=O)(O)O. The van der Waals surface area contributed by atoms with E-state index >= 15 is 0 Å². The first-order chi connectivity index (χ1) is 7.27. The van der Waals surface area contributed by atoms with Gasteiger partial charge < -0.3 is 14.9 Å². The fourth-order valence-electron chi connectivity index (χ4n) is 2.52. The minimum Gasteiger partial charge on any atom is -0.377 e. The number of rotatable bonds is 3. The van der Waals surface area contributed by atoms with Gasteiger partial charge in [-0.15, -0.1) is 0 Å². The summed E-state index contributed by atoms with van der Waals surface area (Å²) in [7, 11) is -4.45. The molecule has 4 nitrogen and oxygen atoms in total. The first-order valence-corrected chi connectivity index (χ1v) is 7.66. The number of aliphatic hydroxyl groups is 1. The molecule has 0 aromatic carbocycles. The predicted octanol–water partition coefficient (Wildman–Crippen LogP) is 2.48. The Balaban J connectivity index is 2.75. The maximum Gasteiger partial charge on any atom is 0.356 e. The highest BCUT2D eigenvalue weighted by molar-refractivity contribution is 7.53. The van der Waals surface area contributed by atoms with E-state index in [0.29, 0.717) is 0 Å². The lowest BCUT2D eigenvalue weighted by molar-refractivity contribution is 0.0273. The van der Waals surface area contributed by atoms with Crippen LogP contribution < -0.4 is 0 Å². The number of hydrogen-bond donors (Lipinski definition) is 3. The van der Waals surface area contributed by atoms with Crippen LogP contribution in [0.25, 0.3) is 0 Å². The monoisotopic (exact) mass is 250 g/mol. The summed E-state index contributed by atoms with van der Waals surface area (Å²) in [5.41, 5.74) is 0. The predicted molar refractivity (Wildman–Crippen MR) is 63.0 cm³/mol. The van der Waals surface area contributed by atoms with E-state index in [1.165, 1.54) is 19.8 Å². The van der Waals surface area contributed by atoms with Crippen LogP contribution in [0.5, 0.6) is 0 Å². The average Bonchev–Trinajstić information content (AvgIpc) is 2.42. The van der Waals surface area contributed by atoms with E-state index in [2.05, 4.69) is 0 Å². The Labute approximate surface area is 97.2 Å². The molecule has 1 fully saturated rings. The van der Waals surface area contributed by atoms with Crippen LogP contribution in [0.4, 0.5) is 0 Å². The lowest BCUT2D eigenvalue weighted by atomic mass is 9.84. The van der Waals surface area contributed by atoms with Gasteiger partial charge >= 0.3 is 7.60 Å². The molecule has 2 unspecified atom stereocenters. The van der Waals surface area contributed by atoms with Crippen molar-refractivity contribution in [2.45, 2.75) is 57.7 Å². The Morgan fingerprint density at radius 1 is 1.19 bits per heavy atom. The first kappa shape index (κ1) is 14.2. The molecule has 0 radical (unpaired) electrons. The van der Waals surface area contributed by atoms with Crippen molar-refractivity contribution in [3.8, 4) is 0 Å². The topological polar surface area (TPSA) is 77.8 Å². The van der Waals surface area contributed by atoms with Gasteiger partial charge in [0.1, 0.15) is 0 Å². The van der Waals surface area contributed by atoms with Gasteiger partial charge in [-0.1, -0.05) is 45.4 Å². The highest BCUT2D eigenvalue weighted by Gasteiger charge is 2.47. The molecule has 1 aliphatic rings. The van der Waals surface area contributed by atoms with E-state index in [0.717, 1.165) is 25.7 Å². The van der Waals surface area contributed by atoms with Gasteiger partial charge in [0, 0.05) is 0 Å². The van der Waals surface area contributed by atoms with Crippen LogP contribution in [0.15, 0.2) is 0 Å². The fourth-order valence-corrected chi connectivity index (χ4v) is 3.26. The van der Waals surface area contributed by atoms with Crippen LogP contribution in [0, 0.1) is 11.8 Å². The van der Waals surface area contributed by atoms with Crippen LogP contribution in [-0.2, 0) is 4.57 Å². The Bertz CT molecular complexity index is 263. The molecular formula is C11H23O4P. The zero-order valence-corrected chi connectivity index (χ0v) is 11.0. The molecule has 1 rings (SSSR count). The summed E-state index contributed by atoms with van der Waals surface area (Å²) < 4.78 is 11.3. The van der Waals surface area contributed by atoms with Crippen LogP contribution in [-0.4, -0.2) is 20.2 Å². The summed E-state index contributed by atoms with van der Waals surface area (Å²) in [6.07, 6.45) is 6.54. The molecule has 2 atom stereocenters. The third-order valence-corrected chi connectivity index (χ3v) is 5.65. The number of hydrogen-bond acceptors (Lipinski definition) is 2. The van der Waals surface area contributed by atoms with Gasteiger partial charge in [0.25, 0.3) is 0 Å². The fraction of sp³-hybridized carbons (Fsp3) is 1.00. The largest absolute Gasteiger partial charge is 0.377 e. The molecule has 1 aliphatic carbocycles. The molecule has 3 N–H and O–H groups in total. The molecule has 0 heterocycles. The summed E-state index contributed by atoms with van der Waals surface area (Å²) in [6.45, 7) is 3.03. The lowest BCUT2D eigenvalue weighted by Gasteiger charge is -2.35. The normalized spacial score (nSPS) is 25.8. The van der Waals surface area contributed by atoms with Crippen molar-refractivity contribution in [1.29, 1.82) is 0 Å². The van der Waals surface area contributed by atoms with E-state index < -0.39 is 12.9 Å². The first-order valence-electron chi connectivity index (χ1n) is 6.05. The third-order valence-electron chi connectivity index (χ3n) is 4.06. The molecule has 1 saturated carbocycles. The molecule has 16 heavy (non-hydrogen) atoms. The Hall–Kier alpha value is 0.110. The van der Waals surface area contributed by atoms with Gasteiger partial charge in [-0.25, -0.2) is 0 Å². The van der Waals surface area contributed by atoms with Gasteiger partial charge in [0.15, 0.2) is 5.34 Å². The van der Waals surface area contributed by atoms with E-state index in [4.69, 9.17) is 0 Å². The van der Waals surface area contributed by atoms with Crippen molar-refractivity contribution in [1.82, 2.24) is 0 Å². The second kappa shape index (κ2) is 5.18. The molecule has 0 saturated heterocycles. The van der Waals surface area contributed by atoms with Gasteiger partial charge in [-0.05, 0) is 18.8 Å². The molecule has 0 bridgehead atoms. The standard InChI is InChI=1S/C11H23O4P/c1-9(11(2,12)16(13,14)15)10-7-5-3-4-6-8-10/h9-10,12H,3-8H2,1-2H3,(H2,13,14,15). The van der Waals surface area contributed by atoms with Gasteiger partial charge in [0.2, 0.25) is 0 Å². The van der Waals surface area contributed by atoms with E-state index in [9.17, 15) is 19.5 Å². The van der Waals surface area contributed by atoms with Crippen molar-refractivity contribution >= 4 is 7.60 Å². The molecule has 96 valence electrons. The van der Waals surface area contributed by atoms with E-state index in [-0.39, 0.29) is 11.8 Å². The van der Waals surface area contributed by atoms with Crippen molar-refractivity contribution in [2.24, 2.45) is 11.8 Å². The molecule has 5 heteroatoms. The third kappa shape index (κ3) is 3.07. The van der Waals surface area contributed by atoms with E-state index in [1.54, 1.807) is 6.92 Å². The Morgan fingerprint density at radius 2 is 1.62 bits per heavy atom. The molecule has 0 aliphatic heterocycles. The van der Waals surface area contributed by atoms with Crippen LogP contribution >= 0.6 is 7.60 Å². The summed E-state index contributed by atoms with van der Waals surface area (Å²) in [4.78, 5) is 18.4. The molecule has 0 aromatic heterocycles. The maximum absolute atomic E-state index is 11.3. The van der Waals surface area contributed by atoms with Crippen molar-refractivity contribution in [2.75, 3.05) is 0 Å². The van der Waals surface area contributed by atoms with Gasteiger partial charge in [-0.3, -0.25) is 4.57 Å². The molecular weight excluding hydrogens is 227 g/mol. The lowest BCUT2D eigenvalue weighted by Crippen LogP contribution is -2.37. The zero-order chi connectivity index (χ0) is 12.4. The van der Waals surface area contributed by atoms with Crippen molar-refractivity contribution < 1.29 is 19.5 Å². The van der Waals surface area contributed by atoms with Crippen molar-refractivity contribution in [3.05, 3.63) is 0 Å². The van der Waals surface area contributed by atoms with Gasteiger partial charge in [-0.2, -0.15) is 0 Å². The Morgan fingerprint density at radius 3 is 2.00 bits per heavy atom. The summed E-state index contributed by atoms with van der Waals surface area (Å²) in [5.74, 6) is -0.128. The highest BCUT2D eigenvalue weighted by Crippen LogP contribution is 2.55. The summed E-state index contributed by atoms with van der Waals surface area (Å²) in [6, 6.07) is 0. The quantitative estimate of drug-likeness (QED) is 0.531. The maximum atomic E-state index is 11.3. The molecule has 0 aromatic rings. The highest BCUT2D eigenvalue weighted by atomic mass is 31.2. The minimum atomic E-state index is -4.45. The second-order valence-corrected chi connectivity index (χ2v) is 7.17. The van der Waals surface area contributed by atoms with Crippen molar-refractivity contribution in [3.63, 3.8) is 0 Å². The second-order valence-electron chi connectivity index (χ2n) is 5.18.